The Morgan fingerprint density at radius 3 is 2.11 bits per heavy atom. The maximum atomic E-state index is 12.8. The zero-order valence-corrected chi connectivity index (χ0v) is 15.4. The van der Waals surface area contributed by atoms with Crippen molar-refractivity contribution in [2.45, 2.75) is 13.3 Å². The van der Waals surface area contributed by atoms with Gasteiger partial charge in [0.2, 0.25) is 5.91 Å². The summed E-state index contributed by atoms with van der Waals surface area (Å²) in [5.74, 6) is -1.25. The SMILES string of the molecule is C=CCC(C)C(=O)N(CCNC(=O)c1ccccc1)C(=O)c1ccccc1. The fourth-order valence-electron chi connectivity index (χ4n) is 2.64. The van der Waals surface area contributed by atoms with E-state index in [0.717, 1.165) is 0 Å². The topological polar surface area (TPSA) is 66.5 Å². The molecular weight excluding hydrogens is 340 g/mol. The van der Waals surface area contributed by atoms with E-state index in [1.54, 1.807) is 61.5 Å². The maximum absolute atomic E-state index is 12.8. The van der Waals surface area contributed by atoms with Crippen LogP contribution in [0.4, 0.5) is 0 Å². The summed E-state index contributed by atoms with van der Waals surface area (Å²) in [5, 5.41) is 2.76. The molecule has 2 rings (SSSR count). The van der Waals surface area contributed by atoms with Gasteiger partial charge < -0.3 is 5.32 Å². The molecule has 2 aromatic carbocycles. The molecule has 5 nitrogen and oxygen atoms in total. The van der Waals surface area contributed by atoms with Gasteiger partial charge in [0.1, 0.15) is 0 Å². The van der Waals surface area contributed by atoms with Crippen LogP contribution in [0.2, 0.25) is 0 Å². The van der Waals surface area contributed by atoms with Crippen LogP contribution < -0.4 is 5.32 Å². The number of rotatable bonds is 8. The van der Waals surface area contributed by atoms with Crippen molar-refractivity contribution in [1.82, 2.24) is 10.2 Å². The predicted octanol–water partition coefficient (Wildman–Crippen LogP) is 3.30. The van der Waals surface area contributed by atoms with Gasteiger partial charge in [0.05, 0.1) is 0 Å². The standard InChI is InChI=1S/C22H24N2O3/c1-3-10-17(2)21(26)24(22(27)19-13-8-5-9-14-19)16-15-23-20(25)18-11-6-4-7-12-18/h3-9,11-14,17H,1,10,15-16H2,2H3,(H,23,25). The summed E-state index contributed by atoms with van der Waals surface area (Å²) in [5.41, 5.74) is 0.968. The highest BCUT2D eigenvalue weighted by Gasteiger charge is 2.26. The predicted molar refractivity (Wildman–Crippen MR) is 105 cm³/mol. The van der Waals surface area contributed by atoms with Gasteiger partial charge in [-0.25, -0.2) is 0 Å². The first-order valence-corrected chi connectivity index (χ1v) is 8.89. The van der Waals surface area contributed by atoms with E-state index >= 15 is 0 Å². The number of imide groups is 1. The van der Waals surface area contributed by atoms with E-state index in [9.17, 15) is 14.4 Å². The van der Waals surface area contributed by atoms with Crippen molar-refractivity contribution in [3.63, 3.8) is 0 Å². The van der Waals surface area contributed by atoms with Crippen LogP contribution in [-0.2, 0) is 4.79 Å². The van der Waals surface area contributed by atoms with Gasteiger partial charge in [-0.1, -0.05) is 49.4 Å². The molecule has 0 heterocycles. The lowest BCUT2D eigenvalue weighted by atomic mass is 10.1. The monoisotopic (exact) mass is 364 g/mol. The molecule has 0 aliphatic carbocycles. The summed E-state index contributed by atoms with van der Waals surface area (Å²) in [6.07, 6.45) is 2.14. The molecule has 5 heteroatoms. The molecule has 27 heavy (non-hydrogen) atoms. The molecule has 3 amide bonds. The molecule has 1 unspecified atom stereocenters. The summed E-state index contributed by atoms with van der Waals surface area (Å²) < 4.78 is 0. The number of hydrogen-bond acceptors (Lipinski definition) is 3. The van der Waals surface area contributed by atoms with E-state index in [0.29, 0.717) is 17.5 Å². The quantitative estimate of drug-likeness (QED) is 0.731. The number of carbonyl (C=O) groups excluding carboxylic acids is 3. The van der Waals surface area contributed by atoms with E-state index in [2.05, 4.69) is 11.9 Å². The zero-order valence-electron chi connectivity index (χ0n) is 15.4. The Balaban J connectivity index is 2.07. The number of amides is 3. The Morgan fingerprint density at radius 1 is 1.00 bits per heavy atom. The second-order valence-electron chi connectivity index (χ2n) is 6.21. The molecule has 0 radical (unpaired) electrons. The largest absolute Gasteiger partial charge is 0.350 e. The van der Waals surface area contributed by atoms with Crippen LogP contribution in [0.3, 0.4) is 0 Å². The summed E-state index contributed by atoms with van der Waals surface area (Å²) in [6, 6.07) is 17.5. The first-order chi connectivity index (χ1) is 13.0. The molecule has 0 aromatic heterocycles. The van der Waals surface area contributed by atoms with Crippen molar-refractivity contribution >= 4 is 17.7 Å². The Morgan fingerprint density at radius 2 is 1.56 bits per heavy atom. The second-order valence-corrected chi connectivity index (χ2v) is 6.21. The molecule has 2 aromatic rings. The van der Waals surface area contributed by atoms with Crippen LogP contribution in [0.5, 0.6) is 0 Å². The Kier molecular flexibility index (Phi) is 7.49. The molecule has 1 N–H and O–H groups in total. The summed E-state index contributed by atoms with van der Waals surface area (Å²) in [7, 11) is 0. The van der Waals surface area contributed by atoms with Gasteiger partial charge in [0.25, 0.3) is 11.8 Å². The Hall–Kier alpha value is -3.21. The Labute approximate surface area is 159 Å². The molecule has 0 bridgehead atoms. The van der Waals surface area contributed by atoms with E-state index in [4.69, 9.17) is 0 Å². The molecule has 0 aliphatic rings. The number of benzene rings is 2. The average Bonchev–Trinajstić information content (AvgIpc) is 2.71. The number of hydrogen-bond donors (Lipinski definition) is 1. The highest BCUT2D eigenvalue weighted by atomic mass is 16.2. The van der Waals surface area contributed by atoms with E-state index in [-0.39, 0.29) is 36.7 Å². The van der Waals surface area contributed by atoms with Gasteiger partial charge in [0.15, 0.2) is 0 Å². The van der Waals surface area contributed by atoms with Crippen molar-refractivity contribution in [2.75, 3.05) is 13.1 Å². The van der Waals surface area contributed by atoms with Crippen molar-refractivity contribution in [2.24, 2.45) is 5.92 Å². The zero-order chi connectivity index (χ0) is 19.6. The maximum Gasteiger partial charge on any atom is 0.260 e. The highest BCUT2D eigenvalue weighted by molar-refractivity contribution is 6.05. The minimum atomic E-state index is -0.370. The Bertz CT molecular complexity index is 788. The number of nitrogens with zero attached hydrogens (tertiary/aromatic N) is 1. The van der Waals surface area contributed by atoms with Crippen molar-refractivity contribution in [1.29, 1.82) is 0 Å². The summed E-state index contributed by atoms with van der Waals surface area (Å²) >= 11 is 0. The van der Waals surface area contributed by atoms with Crippen LogP contribution in [0.15, 0.2) is 73.3 Å². The average molecular weight is 364 g/mol. The fourth-order valence-corrected chi connectivity index (χ4v) is 2.64. The van der Waals surface area contributed by atoms with Crippen molar-refractivity contribution < 1.29 is 14.4 Å². The lowest BCUT2D eigenvalue weighted by molar-refractivity contribution is -0.132. The second kappa shape index (κ2) is 10.1. The third kappa shape index (κ3) is 5.64. The van der Waals surface area contributed by atoms with Gasteiger partial charge in [-0.05, 0) is 30.7 Å². The van der Waals surface area contributed by atoms with Gasteiger partial charge >= 0.3 is 0 Å². The molecule has 1 atom stereocenters. The van der Waals surface area contributed by atoms with Crippen molar-refractivity contribution in [3.05, 3.63) is 84.4 Å². The van der Waals surface area contributed by atoms with Crippen LogP contribution in [0.25, 0.3) is 0 Å². The molecular formula is C22H24N2O3. The summed E-state index contributed by atoms with van der Waals surface area (Å²) in [4.78, 5) is 38.9. The first-order valence-electron chi connectivity index (χ1n) is 8.89. The van der Waals surface area contributed by atoms with Gasteiger partial charge in [-0.2, -0.15) is 0 Å². The van der Waals surface area contributed by atoms with Crippen LogP contribution >= 0.6 is 0 Å². The third-order valence-corrected chi connectivity index (χ3v) is 4.13. The molecule has 0 saturated heterocycles. The van der Waals surface area contributed by atoms with Crippen molar-refractivity contribution in [3.8, 4) is 0 Å². The molecule has 0 fully saturated rings. The van der Waals surface area contributed by atoms with Crippen LogP contribution in [-0.4, -0.2) is 35.7 Å². The third-order valence-electron chi connectivity index (χ3n) is 4.13. The highest BCUT2D eigenvalue weighted by Crippen LogP contribution is 2.12. The first kappa shape index (κ1) is 20.1. The van der Waals surface area contributed by atoms with Gasteiger partial charge in [-0.3, -0.25) is 19.3 Å². The van der Waals surface area contributed by atoms with Crippen LogP contribution in [0.1, 0.15) is 34.1 Å². The minimum Gasteiger partial charge on any atom is -0.350 e. The lowest BCUT2D eigenvalue weighted by Gasteiger charge is -2.24. The normalized spacial score (nSPS) is 11.3. The molecule has 140 valence electrons. The van der Waals surface area contributed by atoms with Gasteiger partial charge in [-0.15, -0.1) is 6.58 Å². The lowest BCUT2D eigenvalue weighted by Crippen LogP contribution is -2.44. The number of nitrogens with one attached hydrogen (secondary N) is 1. The molecule has 0 aliphatic heterocycles. The van der Waals surface area contributed by atoms with Gasteiger partial charge in [0, 0.05) is 30.1 Å². The fraction of sp³-hybridized carbons (Fsp3) is 0.227. The minimum absolute atomic E-state index is 0.104. The van der Waals surface area contributed by atoms with E-state index in [1.807, 2.05) is 12.1 Å². The number of carbonyl (C=O) groups is 3. The smallest absolute Gasteiger partial charge is 0.260 e. The van der Waals surface area contributed by atoms with Crippen LogP contribution in [0, 0.1) is 5.92 Å². The molecule has 0 saturated carbocycles. The number of allylic oxidation sites excluding steroid dienone is 1. The van der Waals surface area contributed by atoms with E-state index in [1.165, 1.54) is 4.90 Å². The summed E-state index contributed by atoms with van der Waals surface area (Å²) in [6.45, 7) is 5.70. The van der Waals surface area contributed by atoms with E-state index < -0.39 is 0 Å². The molecule has 0 spiro atoms.